The topological polar surface area (TPSA) is 59.1 Å². The quantitative estimate of drug-likeness (QED) is 0.749. The van der Waals surface area contributed by atoms with Crippen LogP contribution in [0, 0.1) is 0 Å². The van der Waals surface area contributed by atoms with Gasteiger partial charge in [0.05, 0.1) is 18.3 Å². The Hall–Kier alpha value is -2.81. The fourth-order valence-electron chi connectivity index (χ4n) is 3.89. The van der Waals surface area contributed by atoms with E-state index in [1.807, 2.05) is 18.2 Å². The number of anilines is 3. The summed E-state index contributed by atoms with van der Waals surface area (Å²) in [6.07, 6.45) is 2.15. The summed E-state index contributed by atoms with van der Waals surface area (Å²) in [6.45, 7) is 2.39. The van der Waals surface area contributed by atoms with Gasteiger partial charge in [-0.05, 0) is 37.1 Å². The van der Waals surface area contributed by atoms with Gasteiger partial charge in [-0.15, -0.1) is 0 Å². The maximum Gasteiger partial charge on any atom is 0.421 e. The fraction of sp³-hybridized carbons (Fsp3) is 0.400. The second-order valence-electron chi connectivity index (χ2n) is 7.92. The molecular formula is C20H21F3N5O+. The third-order valence-electron chi connectivity index (χ3n) is 5.61. The summed E-state index contributed by atoms with van der Waals surface area (Å²) in [5.74, 6) is 0.791. The van der Waals surface area contributed by atoms with Crippen molar-refractivity contribution in [2.45, 2.75) is 25.1 Å². The Morgan fingerprint density at radius 1 is 1.24 bits per heavy atom. The van der Waals surface area contributed by atoms with Crippen LogP contribution in [0.1, 0.15) is 24.0 Å². The van der Waals surface area contributed by atoms with Crippen molar-refractivity contribution in [2.24, 2.45) is 0 Å². The number of halogens is 3. The minimum Gasteiger partial charge on any atom is -0.481 e. The van der Waals surface area contributed by atoms with E-state index in [0.717, 1.165) is 59.3 Å². The van der Waals surface area contributed by atoms with Gasteiger partial charge in [0.25, 0.3) is 0 Å². The first kappa shape index (κ1) is 18.2. The van der Waals surface area contributed by atoms with Crippen molar-refractivity contribution in [3.05, 3.63) is 35.5 Å². The van der Waals surface area contributed by atoms with Gasteiger partial charge < -0.3 is 15.4 Å². The number of nitrogens with one attached hydrogen (secondary N) is 2. The minimum atomic E-state index is -4.51. The van der Waals surface area contributed by atoms with Crippen LogP contribution in [0.25, 0.3) is 6.08 Å². The third kappa shape index (κ3) is 3.29. The number of quaternary nitrogens is 1. The van der Waals surface area contributed by atoms with Crippen LogP contribution in [0.2, 0.25) is 0 Å². The number of likely N-dealkylation sites (N-methyl/N-ethyl adjacent to an activating group) is 1. The highest BCUT2D eigenvalue weighted by atomic mass is 19.4. The predicted molar refractivity (Wildman–Crippen MR) is 105 cm³/mol. The van der Waals surface area contributed by atoms with Crippen LogP contribution in [0.5, 0.6) is 5.75 Å². The van der Waals surface area contributed by atoms with Gasteiger partial charge in [-0.2, -0.15) is 18.2 Å². The molecule has 1 fully saturated rings. The monoisotopic (exact) mass is 404 g/mol. The number of nitrogens with zero attached hydrogens (tertiary/aromatic N) is 3. The molecule has 1 unspecified atom stereocenters. The molecule has 0 radical (unpaired) electrons. The molecule has 2 aromatic rings. The smallest absolute Gasteiger partial charge is 0.421 e. The summed E-state index contributed by atoms with van der Waals surface area (Å²) >= 11 is 0. The highest BCUT2D eigenvalue weighted by molar-refractivity contribution is 5.85. The fourth-order valence-corrected chi connectivity index (χ4v) is 3.89. The van der Waals surface area contributed by atoms with E-state index >= 15 is 0 Å². The van der Waals surface area contributed by atoms with Gasteiger partial charge in [0.15, 0.2) is 11.4 Å². The molecule has 6 nitrogen and oxygen atoms in total. The molecule has 0 amide bonds. The van der Waals surface area contributed by atoms with Gasteiger partial charge in [-0.3, -0.25) is 4.48 Å². The van der Waals surface area contributed by atoms with Crippen LogP contribution in [0.15, 0.2) is 24.4 Å². The average Bonchev–Trinajstić information content (AvgIpc) is 3.47. The Balaban J connectivity index is 1.52. The van der Waals surface area contributed by atoms with E-state index < -0.39 is 11.7 Å². The van der Waals surface area contributed by atoms with Crippen LogP contribution < -0.4 is 19.9 Å². The molecule has 1 saturated carbocycles. The van der Waals surface area contributed by atoms with Gasteiger partial charge in [0.1, 0.15) is 31.1 Å². The van der Waals surface area contributed by atoms with Gasteiger partial charge >= 0.3 is 6.18 Å². The van der Waals surface area contributed by atoms with Crippen LogP contribution in [-0.2, 0) is 6.18 Å². The molecule has 29 heavy (non-hydrogen) atoms. The zero-order chi connectivity index (χ0) is 20.2. The number of ether oxygens (including phenoxy) is 1. The summed E-state index contributed by atoms with van der Waals surface area (Å²) in [6, 6.07) is 3.79. The van der Waals surface area contributed by atoms with Gasteiger partial charge in [-0.25, -0.2) is 4.98 Å². The second-order valence-corrected chi connectivity index (χ2v) is 7.92. The Morgan fingerprint density at radius 2 is 2.07 bits per heavy atom. The van der Waals surface area contributed by atoms with Crippen molar-refractivity contribution in [1.29, 1.82) is 0 Å². The van der Waals surface area contributed by atoms with E-state index in [4.69, 9.17) is 4.74 Å². The summed E-state index contributed by atoms with van der Waals surface area (Å²) in [5.41, 5.74) is 1.93. The lowest BCUT2D eigenvalue weighted by Gasteiger charge is -2.40. The van der Waals surface area contributed by atoms with E-state index in [-0.39, 0.29) is 17.8 Å². The largest absolute Gasteiger partial charge is 0.481 e. The van der Waals surface area contributed by atoms with E-state index in [9.17, 15) is 13.2 Å². The van der Waals surface area contributed by atoms with E-state index in [1.165, 1.54) is 0 Å². The third-order valence-corrected chi connectivity index (χ3v) is 5.61. The Bertz CT molecular complexity index is 1000. The maximum atomic E-state index is 13.3. The first-order valence-corrected chi connectivity index (χ1v) is 9.63. The number of hydrogen-bond donors (Lipinski definition) is 2. The SMILES string of the molecule is C[N+]12CC=Cc3c(Nc4ncc(C(F)(F)F)c(NC5CC5)n4)ccc(c31)OCC2. The van der Waals surface area contributed by atoms with E-state index in [0.29, 0.717) is 6.61 Å². The highest BCUT2D eigenvalue weighted by Gasteiger charge is 2.38. The average molecular weight is 404 g/mol. The van der Waals surface area contributed by atoms with Gasteiger partial charge in [-0.1, -0.05) is 0 Å². The van der Waals surface area contributed by atoms with Crippen LogP contribution in [0.4, 0.5) is 36.3 Å². The van der Waals surface area contributed by atoms with Gasteiger partial charge in [0.2, 0.25) is 5.95 Å². The molecule has 9 heteroatoms. The maximum absolute atomic E-state index is 13.3. The molecule has 0 bridgehead atoms. The van der Waals surface area contributed by atoms with Crippen molar-refractivity contribution < 1.29 is 17.9 Å². The molecular weight excluding hydrogens is 383 g/mol. The molecule has 3 aliphatic rings. The summed E-state index contributed by atoms with van der Waals surface area (Å²) in [5, 5.41) is 5.98. The minimum absolute atomic E-state index is 0.0434. The molecule has 1 aromatic carbocycles. The molecule has 1 aromatic heterocycles. The van der Waals surface area contributed by atoms with Crippen molar-refractivity contribution in [3.63, 3.8) is 0 Å². The van der Waals surface area contributed by atoms with Crippen molar-refractivity contribution in [2.75, 3.05) is 37.4 Å². The number of benzene rings is 1. The zero-order valence-corrected chi connectivity index (χ0v) is 15.9. The molecule has 2 aliphatic heterocycles. The van der Waals surface area contributed by atoms with Crippen molar-refractivity contribution >= 4 is 29.2 Å². The molecule has 2 N–H and O–H groups in total. The Morgan fingerprint density at radius 3 is 2.83 bits per heavy atom. The first-order valence-electron chi connectivity index (χ1n) is 9.63. The Labute approximate surface area is 166 Å². The van der Waals surface area contributed by atoms with Crippen LogP contribution in [-0.4, -0.2) is 42.8 Å². The number of hydrogen-bond acceptors (Lipinski definition) is 5. The zero-order valence-electron chi connectivity index (χ0n) is 15.9. The molecule has 0 spiro atoms. The second kappa shape index (κ2) is 6.35. The summed E-state index contributed by atoms with van der Waals surface area (Å²) in [4.78, 5) is 8.07. The summed E-state index contributed by atoms with van der Waals surface area (Å²) in [7, 11) is 2.16. The molecule has 3 heterocycles. The first-order chi connectivity index (χ1) is 13.8. The lowest BCUT2D eigenvalue weighted by molar-refractivity contribution is -0.137. The Kier molecular flexibility index (Phi) is 3.99. The predicted octanol–water partition coefficient (Wildman–Crippen LogP) is 4.17. The summed E-state index contributed by atoms with van der Waals surface area (Å²) < 4.78 is 46.5. The van der Waals surface area contributed by atoms with E-state index in [2.05, 4.69) is 33.7 Å². The van der Waals surface area contributed by atoms with Crippen LogP contribution >= 0.6 is 0 Å². The van der Waals surface area contributed by atoms with Crippen molar-refractivity contribution in [3.8, 4) is 5.75 Å². The standard InChI is InChI=1S/C20H21F3N5O/c1-28-8-2-3-13-15(6-7-16(17(13)28)29-10-9-28)26-19-24-11-14(20(21,22)23)18(27-19)25-12-4-5-12/h2-3,6-7,11-12H,4-5,8-10H2,1H3,(H2,24,25,26,27)/q+1. The van der Waals surface area contributed by atoms with Crippen LogP contribution in [0.3, 0.4) is 0 Å². The van der Waals surface area contributed by atoms with E-state index in [1.54, 1.807) is 0 Å². The molecule has 0 saturated heterocycles. The number of aromatic nitrogens is 2. The molecule has 1 atom stereocenters. The normalized spacial score (nSPS) is 22.6. The lowest BCUT2D eigenvalue weighted by atomic mass is 10.0. The number of rotatable bonds is 4. The van der Waals surface area contributed by atoms with Gasteiger partial charge in [0, 0.05) is 12.2 Å². The molecule has 1 aliphatic carbocycles. The number of alkyl halides is 3. The lowest BCUT2D eigenvalue weighted by Crippen LogP contribution is -2.52. The molecule has 152 valence electrons. The van der Waals surface area contributed by atoms with Crippen molar-refractivity contribution in [1.82, 2.24) is 14.5 Å². The molecule has 5 rings (SSSR count). The highest BCUT2D eigenvalue weighted by Crippen LogP contribution is 2.45.